The van der Waals surface area contributed by atoms with Crippen LogP contribution < -0.4 is 5.32 Å². The molecule has 0 aliphatic carbocycles. The number of nitrogens with one attached hydrogen (secondary N) is 1. The number of aryl methyl sites for hydroxylation is 1. The summed E-state index contributed by atoms with van der Waals surface area (Å²) < 4.78 is 12.1. The minimum absolute atomic E-state index is 0.136. The first-order valence-electron chi connectivity index (χ1n) is 6.34. The average Bonchev–Trinajstić information content (AvgIpc) is 2.47. The van der Waals surface area contributed by atoms with Gasteiger partial charge >= 0.3 is 0 Å². The summed E-state index contributed by atoms with van der Waals surface area (Å²) in [6.07, 6.45) is 0. The van der Waals surface area contributed by atoms with E-state index in [4.69, 9.17) is 5.26 Å². The minimum atomic E-state index is -1.40. The maximum absolute atomic E-state index is 12.1. The van der Waals surface area contributed by atoms with E-state index in [0.717, 1.165) is 5.56 Å². The highest BCUT2D eigenvalue weighted by Crippen LogP contribution is 2.14. The van der Waals surface area contributed by atoms with Crippen LogP contribution >= 0.6 is 0 Å². The highest BCUT2D eigenvalue weighted by Gasteiger charge is 2.12. The second kappa shape index (κ2) is 6.82. The number of hydrogen-bond acceptors (Lipinski definition) is 3. The van der Waals surface area contributed by atoms with Crippen molar-refractivity contribution in [2.75, 3.05) is 11.1 Å². The molecule has 1 atom stereocenters. The Balaban J connectivity index is 2.05. The predicted octanol–water partition coefficient (Wildman–Crippen LogP) is 2.61. The molecule has 1 amide bonds. The lowest BCUT2D eigenvalue weighted by molar-refractivity contribution is -0.113. The predicted molar refractivity (Wildman–Crippen MR) is 82.2 cm³/mol. The molecule has 0 spiro atoms. The van der Waals surface area contributed by atoms with Gasteiger partial charge in [-0.1, -0.05) is 24.3 Å². The smallest absolute Gasteiger partial charge is 0.237 e. The largest absolute Gasteiger partial charge is 0.324 e. The van der Waals surface area contributed by atoms with Crippen LogP contribution in [0.3, 0.4) is 0 Å². The summed E-state index contributed by atoms with van der Waals surface area (Å²) in [5.74, 6) is -0.513. The van der Waals surface area contributed by atoms with Gasteiger partial charge in [-0.2, -0.15) is 5.26 Å². The molecule has 0 heterocycles. The quantitative estimate of drug-likeness (QED) is 0.943. The fourth-order valence-electron chi connectivity index (χ4n) is 1.84. The number of rotatable bonds is 4. The zero-order chi connectivity index (χ0) is 15.2. The monoisotopic (exact) mass is 298 g/mol. The fraction of sp³-hybridized carbons (Fsp3) is 0.125. The van der Waals surface area contributed by atoms with E-state index in [1.807, 2.05) is 25.1 Å². The Kier molecular flexibility index (Phi) is 4.85. The lowest BCUT2D eigenvalue weighted by Gasteiger charge is -2.07. The fourth-order valence-corrected chi connectivity index (χ4v) is 2.86. The van der Waals surface area contributed by atoms with Gasteiger partial charge in [0, 0.05) is 4.90 Å². The van der Waals surface area contributed by atoms with Crippen LogP contribution in [0.5, 0.6) is 0 Å². The van der Waals surface area contributed by atoms with Crippen LogP contribution in [0.15, 0.2) is 53.4 Å². The number of carbonyl (C=O) groups is 1. The third-order valence-corrected chi connectivity index (χ3v) is 4.14. The molecule has 0 radical (unpaired) electrons. The summed E-state index contributed by atoms with van der Waals surface area (Å²) in [5.41, 5.74) is 1.81. The van der Waals surface area contributed by atoms with Gasteiger partial charge in [0.2, 0.25) is 5.91 Å². The van der Waals surface area contributed by atoms with Crippen molar-refractivity contribution in [3.8, 4) is 6.07 Å². The molecule has 0 aromatic heterocycles. The van der Waals surface area contributed by atoms with Crippen molar-refractivity contribution in [2.24, 2.45) is 0 Å². The Morgan fingerprint density at radius 1 is 1.24 bits per heavy atom. The van der Waals surface area contributed by atoms with Gasteiger partial charge in [0.15, 0.2) is 0 Å². The molecular formula is C16H14N2O2S. The third kappa shape index (κ3) is 4.01. The molecule has 0 aliphatic heterocycles. The zero-order valence-electron chi connectivity index (χ0n) is 11.5. The van der Waals surface area contributed by atoms with Crippen LogP contribution in [-0.4, -0.2) is 15.9 Å². The van der Waals surface area contributed by atoms with E-state index in [0.29, 0.717) is 16.1 Å². The van der Waals surface area contributed by atoms with Gasteiger partial charge in [-0.25, -0.2) is 0 Å². The molecule has 2 aromatic rings. The van der Waals surface area contributed by atoms with E-state index in [9.17, 15) is 9.00 Å². The number of benzene rings is 2. The SMILES string of the molecule is Cc1cccc(S(=O)CC(=O)Nc2ccccc2C#N)c1. The van der Waals surface area contributed by atoms with Crippen LogP contribution in [0.4, 0.5) is 5.69 Å². The summed E-state index contributed by atoms with van der Waals surface area (Å²) >= 11 is 0. The lowest BCUT2D eigenvalue weighted by atomic mass is 10.2. The van der Waals surface area contributed by atoms with Crippen LogP contribution in [0.1, 0.15) is 11.1 Å². The molecule has 21 heavy (non-hydrogen) atoms. The molecule has 1 N–H and O–H groups in total. The number of hydrogen-bond donors (Lipinski definition) is 1. The van der Waals surface area contributed by atoms with Gasteiger partial charge in [0.05, 0.1) is 22.1 Å². The van der Waals surface area contributed by atoms with Crippen molar-refractivity contribution in [3.05, 3.63) is 59.7 Å². The Hall–Kier alpha value is -2.45. The van der Waals surface area contributed by atoms with E-state index < -0.39 is 10.8 Å². The first-order chi connectivity index (χ1) is 10.1. The Morgan fingerprint density at radius 2 is 2.00 bits per heavy atom. The molecule has 4 nitrogen and oxygen atoms in total. The Labute approximate surface area is 125 Å². The topological polar surface area (TPSA) is 70.0 Å². The Morgan fingerprint density at radius 3 is 2.71 bits per heavy atom. The van der Waals surface area contributed by atoms with Crippen molar-refractivity contribution in [1.82, 2.24) is 0 Å². The summed E-state index contributed by atoms with van der Waals surface area (Å²) in [4.78, 5) is 12.6. The Bertz CT molecular complexity index is 735. The van der Waals surface area contributed by atoms with Crippen LogP contribution in [0.25, 0.3) is 0 Å². The highest BCUT2D eigenvalue weighted by molar-refractivity contribution is 7.85. The molecular weight excluding hydrogens is 284 g/mol. The molecule has 106 valence electrons. The van der Waals surface area contributed by atoms with Crippen molar-refractivity contribution >= 4 is 22.4 Å². The van der Waals surface area contributed by atoms with Crippen LogP contribution in [0, 0.1) is 18.3 Å². The summed E-state index contributed by atoms with van der Waals surface area (Å²) in [7, 11) is -1.40. The van der Waals surface area contributed by atoms with Crippen molar-refractivity contribution < 1.29 is 9.00 Å². The summed E-state index contributed by atoms with van der Waals surface area (Å²) in [5, 5.41) is 11.6. The number of carbonyl (C=O) groups excluding carboxylic acids is 1. The molecule has 0 bridgehead atoms. The van der Waals surface area contributed by atoms with Gasteiger partial charge in [-0.15, -0.1) is 0 Å². The van der Waals surface area contributed by atoms with Gasteiger partial charge in [0.25, 0.3) is 0 Å². The van der Waals surface area contributed by atoms with E-state index in [-0.39, 0.29) is 11.7 Å². The van der Waals surface area contributed by atoms with E-state index in [2.05, 4.69) is 5.32 Å². The average molecular weight is 298 g/mol. The van der Waals surface area contributed by atoms with E-state index in [1.165, 1.54) is 0 Å². The van der Waals surface area contributed by atoms with Gasteiger partial charge in [-0.3, -0.25) is 9.00 Å². The van der Waals surface area contributed by atoms with Crippen molar-refractivity contribution in [1.29, 1.82) is 5.26 Å². The maximum Gasteiger partial charge on any atom is 0.237 e. The van der Waals surface area contributed by atoms with Gasteiger partial charge in [0.1, 0.15) is 11.8 Å². The summed E-state index contributed by atoms with van der Waals surface area (Å²) in [6, 6.07) is 16.0. The second-order valence-corrected chi connectivity index (χ2v) is 5.96. The van der Waals surface area contributed by atoms with E-state index in [1.54, 1.807) is 36.4 Å². The summed E-state index contributed by atoms with van der Waals surface area (Å²) in [6.45, 7) is 1.91. The molecule has 0 saturated heterocycles. The van der Waals surface area contributed by atoms with E-state index >= 15 is 0 Å². The number of anilines is 1. The van der Waals surface area contributed by atoms with Crippen LogP contribution in [-0.2, 0) is 15.6 Å². The highest BCUT2D eigenvalue weighted by atomic mass is 32.2. The molecule has 2 rings (SSSR count). The number of nitrogens with zero attached hydrogens (tertiary/aromatic N) is 1. The van der Waals surface area contributed by atoms with Crippen LogP contribution in [0.2, 0.25) is 0 Å². The first-order valence-corrected chi connectivity index (χ1v) is 7.66. The second-order valence-electron chi connectivity index (χ2n) is 4.51. The first kappa shape index (κ1) is 14.9. The molecule has 0 saturated carbocycles. The number of para-hydroxylation sites is 1. The molecule has 2 aromatic carbocycles. The van der Waals surface area contributed by atoms with Gasteiger partial charge in [-0.05, 0) is 36.8 Å². The zero-order valence-corrected chi connectivity index (χ0v) is 12.3. The lowest BCUT2D eigenvalue weighted by Crippen LogP contribution is -2.20. The van der Waals surface area contributed by atoms with Gasteiger partial charge < -0.3 is 5.32 Å². The minimum Gasteiger partial charge on any atom is -0.324 e. The normalized spacial score (nSPS) is 11.4. The molecule has 0 aliphatic rings. The molecule has 5 heteroatoms. The number of amides is 1. The third-order valence-electron chi connectivity index (χ3n) is 2.84. The number of nitriles is 1. The van der Waals surface area contributed by atoms with Crippen molar-refractivity contribution in [3.63, 3.8) is 0 Å². The molecule has 0 fully saturated rings. The van der Waals surface area contributed by atoms with Crippen molar-refractivity contribution in [2.45, 2.75) is 11.8 Å². The standard InChI is InChI=1S/C16H14N2O2S/c1-12-5-4-7-14(9-12)21(20)11-16(19)18-15-8-3-2-6-13(15)10-17/h2-9H,11H2,1H3,(H,18,19). The maximum atomic E-state index is 12.1. The molecule has 1 unspecified atom stereocenters.